The van der Waals surface area contributed by atoms with E-state index in [2.05, 4.69) is 46.0 Å². The lowest BCUT2D eigenvalue weighted by Crippen LogP contribution is -2.43. The first kappa shape index (κ1) is 43.1. The van der Waals surface area contributed by atoms with Gasteiger partial charge in [0, 0.05) is 34.2 Å². The molecule has 5 rings (SSSR count). The molecule has 10 nitrogen and oxygen atoms in total. The largest absolute Gasteiger partial charge is 0.485 e. The van der Waals surface area contributed by atoms with E-state index >= 15 is 0 Å². The molecule has 1 aromatic heterocycles. The quantitative estimate of drug-likeness (QED) is 0.0673. The fourth-order valence-corrected chi connectivity index (χ4v) is 9.26. The number of phosphoric acid groups is 1. The molecule has 4 aromatic rings. The van der Waals surface area contributed by atoms with Crippen LogP contribution in [0.15, 0.2) is 54.7 Å². The monoisotopic (exact) mass is 812 g/mol. The zero-order valence-electron chi connectivity index (χ0n) is 34.2. The highest BCUT2D eigenvalue weighted by atomic mass is 35.5. The number of primary amides is 1. The summed E-state index contributed by atoms with van der Waals surface area (Å²) < 4.78 is 47.5. The number of fused-ring (bicyclic) bond motifs is 2. The summed E-state index contributed by atoms with van der Waals surface area (Å²) in [6.45, 7) is 22.0. The van der Waals surface area contributed by atoms with Gasteiger partial charge < -0.3 is 19.5 Å². The van der Waals surface area contributed by atoms with Crippen LogP contribution >= 0.6 is 19.4 Å². The maximum Gasteiger partial charge on any atom is 0.476 e. The second-order valence-electron chi connectivity index (χ2n) is 18.1. The predicted octanol–water partition coefficient (Wildman–Crippen LogP) is 11.2. The number of amides is 1. The van der Waals surface area contributed by atoms with Gasteiger partial charge in [-0.15, -0.1) is 0 Å². The summed E-state index contributed by atoms with van der Waals surface area (Å²) in [5.74, 6) is -0.218. The lowest BCUT2D eigenvalue weighted by molar-refractivity contribution is -0.0213. The van der Waals surface area contributed by atoms with Crippen molar-refractivity contribution in [1.82, 2.24) is 4.57 Å². The second kappa shape index (κ2) is 16.1. The summed E-state index contributed by atoms with van der Waals surface area (Å²) in [7, 11) is -6.32. The smallest absolute Gasteiger partial charge is 0.476 e. The van der Waals surface area contributed by atoms with Crippen molar-refractivity contribution >= 4 is 61.1 Å². The highest BCUT2D eigenvalue weighted by Gasteiger charge is 2.42. The first-order chi connectivity index (χ1) is 25.3. The predicted molar refractivity (Wildman–Crippen MR) is 223 cm³/mol. The zero-order chi connectivity index (χ0) is 40.7. The third-order valence-corrected chi connectivity index (χ3v) is 16.8. The van der Waals surface area contributed by atoms with Crippen molar-refractivity contribution in [3.63, 3.8) is 0 Å². The van der Waals surface area contributed by atoms with Crippen molar-refractivity contribution in [2.45, 2.75) is 129 Å². The average Bonchev–Trinajstić information content (AvgIpc) is 3.83. The molecule has 300 valence electrons. The summed E-state index contributed by atoms with van der Waals surface area (Å²) >= 11 is 6.18. The van der Waals surface area contributed by atoms with E-state index in [1.165, 1.54) is 5.56 Å². The first-order valence-electron chi connectivity index (χ1n) is 19.0. The Balaban J connectivity index is 1.45. The van der Waals surface area contributed by atoms with Crippen LogP contribution in [0.25, 0.3) is 21.7 Å². The van der Waals surface area contributed by atoms with Crippen molar-refractivity contribution < 1.29 is 36.9 Å². The van der Waals surface area contributed by atoms with Gasteiger partial charge in [0.1, 0.15) is 5.75 Å². The molecular weight excluding hydrogens is 755 g/mol. The molecule has 2 N–H and O–H groups in total. The van der Waals surface area contributed by atoms with Gasteiger partial charge in [-0.25, -0.2) is 4.57 Å². The number of ether oxygens (including phenoxy) is 1. The Morgan fingerprint density at radius 3 is 2.15 bits per heavy atom. The van der Waals surface area contributed by atoms with Crippen LogP contribution in [0.1, 0.15) is 114 Å². The molecule has 1 amide bonds. The van der Waals surface area contributed by atoms with E-state index < -0.39 is 39.4 Å². The number of Topliss-reactive ketones (excluding diaryl/α,β-unsaturated/α-hetero) is 1. The summed E-state index contributed by atoms with van der Waals surface area (Å²) in [6.07, 6.45) is 3.83. The Hall–Kier alpha value is -3.02. The molecule has 1 aliphatic rings. The van der Waals surface area contributed by atoms with Crippen LogP contribution in [0, 0.1) is 0 Å². The van der Waals surface area contributed by atoms with Crippen LogP contribution in [0.2, 0.25) is 23.2 Å². The van der Waals surface area contributed by atoms with Crippen LogP contribution in [-0.4, -0.2) is 55.1 Å². The lowest BCUT2D eigenvalue weighted by Gasteiger charge is -2.38. The van der Waals surface area contributed by atoms with Crippen molar-refractivity contribution in [1.29, 1.82) is 0 Å². The van der Waals surface area contributed by atoms with Crippen molar-refractivity contribution in [2.24, 2.45) is 5.73 Å². The minimum Gasteiger partial charge on any atom is -0.485 e. The van der Waals surface area contributed by atoms with Gasteiger partial charge in [-0.1, -0.05) is 50.6 Å². The van der Waals surface area contributed by atoms with Crippen LogP contribution in [-0.2, 0) is 29.1 Å². The molecule has 1 fully saturated rings. The van der Waals surface area contributed by atoms with Gasteiger partial charge >= 0.3 is 7.82 Å². The van der Waals surface area contributed by atoms with Crippen LogP contribution in [0.5, 0.6) is 5.75 Å². The molecule has 0 unspecified atom stereocenters. The lowest BCUT2D eigenvalue weighted by atomic mass is 10.0. The van der Waals surface area contributed by atoms with E-state index in [4.69, 9.17) is 40.1 Å². The maximum absolute atomic E-state index is 14.4. The van der Waals surface area contributed by atoms with E-state index in [9.17, 15) is 14.2 Å². The number of nitrogens with zero attached hydrogens (tertiary/aromatic N) is 1. The number of ketones is 1. The van der Waals surface area contributed by atoms with Crippen LogP contribution in [0.4, 0.5) is 0 Å². The number of rotatable bonds is 16. The number of phosphoric ester groups is 1. The number of hydrogen-bond acceptors (Lipinski definition) is 8. The van der Waals surface area contributed by atoms with Gasteiger partial charge in [0.2, 0.25) is 5.78 Å². The molecule has 0 aliphatic heterocycles. The summed E-state index contributed by atoms with van der Waals surface area (Å²) in [6, 6.07) is 14.9. The van der Waals surface area contributed by atoms with E-state index in [0.717, 1.165) is 34.5 Å². The number of hydrogen-bond donors (Lipinski definition) is 1. The molecule has 0 saturated heterocycles. The molecule has 1 saturated carbocycles. The Labute approximate surface area is 332 Å². The molecule has 0 bridgehead atoms. The standard InChI is InChI=1S/C42H58ClN2O8PSi/c1-40(2,3)52-54(48,53-41(4,5)6)51-32(25-50-55(10,11)42(7,8)9)18-19-45-24-35(33-17-15-28(22-36(33)45)27-12-13-27)37(46)26-49-38-23-29-14-16-31(43)20-30(29)21-34(38)39(44)47/h14-17,20-24,27,32H,12-13,18-19,25-26H2,1-11H3,(H2,44,47)/t32-/m1/s1. The van der Waals surface area contributed by atoms with Crippen molar-refractivity contribution in [3.8, 4) is 5.75 Å². The van der Waals surface area contributed by atoms with Gasteiger partial charge in [-0.05, 0) is 132 Å². The minimum atomic E-state index is -4.09. The second-order valence-corrected chi connectivity index (χ2v) is 24.9. The van der Waals surface area contributed by atoms with Gasteiger partial charge in [0.05, 0.1) is 29.5 Å². The van der Waals surface area contributed by atoms with E-state index in [1.54, 1.807) is 24.3 Å². The number of halogens is 1. The van der Waals surface area contributed by atoms with Crippen molar-refractivity contribution in [2.75, 3.05) is 13.2 Å². The molecule has 55 heavy (non-hydrogen) atoms. The van der Waals surface area contributed by atoms with Gasteiger partial charge in [-0.2, -0.15) is 0 Å². The average molecular weight is 813 g/mol. The Bertz CT molecular complexity index is 2090. The van der Waals surface area contributed by atoms with Gasteiger partial charge in [-0.3, -0.25) is 23.2 Å². The number of aryl methyl sites for hydroxylation is 1. The number of carbonyl (C=O) groups is 2. The summed E-state index contributed by atoms with van der Waals surface area (Å²) in [5.41, 5.74) is 6.87. The number of nitrogens with two attached hydrogens (primary N) is 1. The third-order valence-electron chi connectivity index (χ3n) is 9.96. The number of benzene rings is 3. The van der Waals surface area contributed by atoms with Crippen LogP contribution in [0.3, 0.4) is 0 Å². The highest BCUT2D eigenvalue weighted by Crippen LogP contribution is 2.56. The highest BCUT2D eigenvalue weighted by molar-refractivity contribution is 7.48. The normalized spacial score (nSPS) is 15.1. The van der Waals surface area contributed by atoms with Crippen molar-refractivity contribution in [3.05, 3.63) is 76.4 Å². The summed E-state index contributed by atoms with van der Waals surface area (Å²) in [5, 5.41) is 2.78. The summed E-state index contributed by atoms with van der Waals surface area (Å²) in [4.78, 5) is 26.4. The van der Waals surface area contributed by atoms with Crippen LogP contribution < -0.4 is 10.5 Å². The molecule has 0 spiro atoms. The fraction of sp³-hybridized carbons (Fsp3) is 0.524. The minimum absolute atomic E-state index is 0.0585. The third kappa shape index (κ3) is 11.3. The molecule has 1 aliphatic carbocycles. The van der Waals surface area contributed by atoms with E-state index in [0.29, 0.717) is 29.5 Å². The Kier molecular flexibility index (Phi) is 12.6. The van der Waals surface area contributed by atoms with E-state index in [-0.39, 0.29) is 35.3 Å². The Morgan fingerprint density at radius 1 is 0.909 bits per heavy atom. The molecular formula is C42H58ClN2O8PSi. The molecule has 13 heteroatoms. The van der Waals surface area contributed by atoms with E-state index in [1.807, 2.05) is 64.4 Å². The maximum atomic E-state index is 14.4. The SMILES string of the molecule is CC(C)(C)OP(=O)(O[C@H](CCn1cc(C(=O)COc2cc3ccc(Cl)cc3cc2C(N)=O)c2ccc(C3CC3)cc21)CO[Si](C)(C)C(C)(C)C)OC(C)(C)C. The number of carbonyl (C=O) groups excluding carboxylic acids is 2. The first-order valence-corrected chi connectivity index (χ1v) is 23.7. The topological polar surface area (TPSA) is 128 Å². The van der Waals surface area contributed by atoms with Gasteiger partial charge in [0.25, 0.3) is 5.91 Å². The Morgan fingerprint density at radius 2 is 1.56 bits per heavy atom. The number of aromatic nitrogens is 1. The molecule has 3 aromatic carbocycles. The fourth-order valence-electron chi connectivity index (χ4n) is 6.05. The van der Waals surface area contributed by atoms with Gasteiger partial charge in [0.15, 0.2) is 14.9 Å². The molecule has 1 atom stereocenters. The molecule has 0 radical (unpaired) electrons. The zero-order valence-corrected chi connectivity index (χ0v) is 36.9. The molecule has 1 heterocycles.